The summed E-state index contributed by atoms with van der Waals surface area (Å²) in [4.78, 5) is 33.7. The van der Waals surface area contributed by atoms with Crippen LogP contribution in [0, 0.1) is 11.3 Å². The summed E-state index contributed by atoms with van der Waals surface area (Å²) in [6, 6.07) is 0. The van der Waals surface area contributed by atoms with Crippen molar-refractivity contribution in [2.24, 2.45) is 11.3 Å². The predicted octanol–water partition coefficient (Wildman–Crippen LogP) is 0.680. The van der Waals surface area contributed by atoms with E-state index < -0.39 is 5.41 Å². The summed E-state index contributed by atoms with van der Waals surface area (Å²) in [5.41, 5.74) is -0.560. The minimum absolute atomic E-state index is 0.00958. The molecule has 3 heteroatoms. The average Bonchev–Trinajstić information content (AvgIpc) is 2.29. The first-order valence-corrected chi connectivity index (χ1v) is 4.31. The van der Waals surface area contributed by atoms with Crippen LogP contribution >= 0.6 is 0 Å². The lowest BCUT2D eigenvalue weighted by molar-refractivity contribution is -0.137. The van der Waals surface area contributed by atoms with E-state index in [-0.39, 0.29) is 23.9 Å². The highest BCUT2D eigenvalue weighted by Crippen LogP contribution is 2.48. The molecule has 0 aliphatic heterocycles. The Morgan fingerprint density at radius 3 is 2.77 bits per heavy atom. The number of carbonyl (C=O) groups is 3. The number of hydrogen-bond acceptors (Lipinski definition) is 3. The molecule has 2 saturated carbocycles. The maximum Gasteiger partial charge on any atom is 0.172 e. The van der Waals surface area contributed by atoms with E-state index in [9.17, 15) is 14.4 Å². The summed E-state index contributed by atoms with van der Waals surface area (Å²) in [6.07, 6.45) is 1.61. The van der Waals surface area contributed by atoms with Crippen molar-refractivity contribution in [1.82, 2.24) is 0 Å². The average molecular weight is 178 g/mol. The lowest BCUT2D eigenvalue weighted by atomic mass is 9.76. The molecule has 2 bridgehead atoms. The topological polar surface area (TPSA) is 51.2 Å². The van der Waals surface area contributed by atoms with E-state index in [1.54, 1.807) is 0 Å². The largest absolute Gasteiger partial charge is 0.302 e. The molecule has 68 valence electrons. The van der Waals surface area contributed by atoms with Gasteiger partial charge < -0.3 is 4.79 Å². The maximum atomic E-state index is 11.6. The van der Waals surface area contributed by atoms with Crippen LogP contribution in [-0.4, -0.2) is 17.9 Å². The highest BCUT2D eigenvalue weighted by atomic mass is 16.2. The Morgan fingerprint density at radius 2 is 2.15 bits per heavy atom. The number of ketones is 2. The number of carbonyl (C=O) groups excluding carboxylic acids is 3. The highest BCUT2D eigenvalue weighted by molar-refractivity contribution is 6.14. The van der Waals surface area contributed by atoms with E-state index in [4.69, 9.17) is 0 Å². The van der Waals surface area contributed by atoms with Gasteiger partial charge in [-0.1, -0.05) is 6.58 Å². The normalized spacial score (nSPS) is 38.2. The first-order valence-electron chi connectivity index (χ1n) is 4.31. The van der Waals surface area contributed by atoms with Gasteiger partial charge in [0.15, 0.2) is 5.78 Å². The Hall–Kier alpha value is -1.25. The van der Waals surface area contributed by atoms with Crippen molar-refractivity contribution < 1.29 is 14.4 Å². The molecule has 13 heavy (non-hydrogen) atoms. The van der Waals surface area contributed by atoms with Crippen molar-refractivity contribution in [1.29, 1.82) is 0 Å². The van der Waals surface area contributed by atoms with Crippen molar-refractivity contribution in [3.8, 4) is 0 Å². The Morgan fingerprint density at radius 1 is 1.46 bits per heavy atom. The highest BCUT2D eigenvalue weighted by Gasteiger charge is 2.53. The summed E-state index contributed by atoms with van der Waals surface area (Å²) in [5, 5.41) is 0. The van der Waals surface area contributed by atoms with Crippen molar-refractivity contribution in [3.63, 3.8) is 0 Å². The Kier molecular flexibility index (Phi) is 1.53. The Balaban J connectivity index is 2.47. The Bertz CT molecular complexity index is 329. The first-order chi connectivity index (χ1) is 6.09. The number of Topliss-reactive ketones (excluding diaryl/α,β-unsaturated/α-hetero) is 2. The molecule has 0 aromatic heterocycles. The summed E-state index contributed by atoms with van der Waals surface area (Å²) < 4.78 is 0. The fourth-order valence-corrected chi connectivity index (χ4v) is 2.35. The number of rotatable bonds is 1. The van der Waals surface area contributed by atoms with Gasteiger partial charge in [-0.15, -0.1) is 0 Å². The summed E-state index contributed by atoms with van der Waals surface area (Å²) in [5.74, 6) is -0.271. The molecule has 3 nitrogen and oxygen atoms in total. The number of fused-ring (bicyclic) bond motifs is 2. The molecule has 2 aliphatic rings. The second-order valence-corrected chi connectivity index (χ2v) is 3.95. The second kappa shape index (κ2) is 2.37. The zero-order valence-electron chi connectivity index (χ0n) is 7.21. The van der Waals surface area contributed by atoms with Gasteiger partial charge in [0.1, 0.15) is 12.1 Å². The zero-order valence-corrected chi connectivity index (χ0v) is 7.21. The fourth-order valence-electron chi connectivity index (χ4n) is 2.35. The van der Waals surface area contributed by atoms with Gasteiger partial charge >= 0.3 is 0 Å². The molecular formula is C10H10O3. The minimum atomic E-state index is -1.03. The van der Waals surface area contributed by atoms with E-state index in [0.29, 0.717) is 24.7 Å². The van der Waals surface area contributed by atoms with E-state index in [1.807, 2.05) is 0 Å². The van der Waals surface area contributed by atoms with Crippen molar-refractivity contribution >= 4 is 17.9 Å². The third-order valence-electron chi connectivity index (χ3n) is 3.06. The summed E-state index contributed by atoms with van der Waals surface area (Å²) in [7, 11) is 0. The zero-order chi connectivity index (χ0) is 9.64. The van der Waals surface area contributed by atoms with E-state index >= 15 is 0 Å². The smallest absolute Gasteiger partial charge is 0.172 e. The molecule has 0 saturated heterocycles. The number of allylic oxidation sites excluding steroid dienone is 1. The van der Waals surface area contributed by atoms with Gasteiger partial charge in [-0.05, 0) is 17.9 Å². The van der Waals surface area contributed by atoms with E-state index in [0.717, 1.165) is 0 Å². The van der Waals surface area contributed by atoms with Gasteiger partial charge in [-0.25, -0.2) is 0 Å². The maximum absolute atomic E-state index is 11.6. The molecule has 2 rings (SSSR count). The van der Waals surface area contributed by atoms with Gasteiger partial charge in [-0.3, -0.25) is 9.59 Å². The van der Waals surface area contributed by atoms with Gasteiger partial charge in [0, 0.05) is 12.8 Å². The molecule has 0 spiro atoms. The van der Waals surface area contributed by atoms with Crippen LogP contribution in [-0.2, 0) is 14.4 Å². The molecule has 0 N–H and O–H groups in total. The van der Waals surface area contributed by atoms with Crippen LogP contribution in [0.5, 0.6) is 0 Å². The predicted molar refractivity (Wildman–Crippen MR) is 45.0 cm³/mol. The number of hydrogen-bond donors (Lipinski definition) is 0. The molecule has 0 heterocycles. The second-order valence-electron chi connectivity index (χ2n) is 3.95. The summed E-state index contributed by atoms with van der Waals surface area (Å²) >= 11 is 0. The van der Waals surface area contributed by atoms with Crippen LogP contribution in [0.15, 0.2) is 12.2 Å². The van der Waals surface area contributed by atoms with Crippen LogP contribution in [0.1, 0.15) is 19.3 Å². The van der Waals surface area contributed by atoms with E-state index in [1.165, 1.54) is 0 Å². The lowest BCUT2D eigenvalue weighted by Gasteiger charge is -2.23. The molecule has 2 unspecified atom stereocenters. The molecule has 2 atom stereocenters. The third-order valence-corrected chi connectivity index (χ3v) is 3.06. The quantitative estimate of drug-likeness (QED) is 0.337. The van der Waals surface area contributed by atoms with Crippen molar-refractivity contribution in [3.05, 3.63) is 12.2 Å². The standard InChI is InChI=1S/C10H10O3/c1-6-7-2-8(12)4-10(3-7,5-11)9(6)13/h5,7H,1-4H2. The lowest BCUT2D eigenvalue weighted by Crippen LogP contribution is -2.33. The number of aldehydes is 1. The van der Waals surface area contributed by atoms with Crippen LogP contribution in [0.25, 0.3) is 0 Å². The molecule has 0 aromatic carbocycles. The molecule has 2 aliphatic carbocycles. The van der Waals surface area contributed by atoms with Crippen molar-refractivity contribution in [2.45, 2.75) is 19.3 Å². The Labute approximate surface area is 75.8 Å². The van der Waals surface area contributed by atoms with Crippen LogP contribution in [0.4, 0.5) is 0 Å². The molecule has 0 radical (unpaired) electrons. The monoisotopic (exact) mass is 178 g/mol. The van der Waals surface area contributed by atoms with Gasteiger partial charge in [0.05, 0.1) is 5.41 Å². The van der Waals surface area contributed by atoms with E-state index in [2.05, 4.69) is 6.58 Å². The van der Waals surface area contributed by atoms with Crippen LogP contribution in [0.2, 0.25) is 0 Å². The molecule has 2 fully saturated rings. The SMILES string of the molecule is C=C1C(=O)C2(C=O)CC(=O)CC1C2. The van der Waals surface area contributed by atoms with Crippen LogP contribution in [0.3, 0.4) is 0 Å². The molecule has 0 amide bonds. The van der Waals surface area contributed by atoms with Gasteiger partial charge in [0.25, 0.3) is 0 Å². The third kappa shape index (κ3) is 0.930. The summed E-state index contributed by atoms with van der Waals surface area (Å²) in [6.45, 7) is 3.64. The minimum Gasteiger partial charge on any atom is -0.302 e. The first kappa shape index (κ1) is 8.35. The van der Waals surface area contributed by atoms with Gasteiger partial charge in [0.2, 0.25) is 0 Å². The van der Waals surface area contributed by atoms with Gasteiger partial charge in [-0.2, -0.15) is 0 Å². The molecule has 0 aromatic rings. The van der Waals surface area contributed by atoms with Crippen LogP contribution < -0.4 is 0 Å². The van der Waals surface area contributed by atoms with Crippen molar-refractivity contribution in [2.75, 3.05) is 0 Å². The molecular weight excluding hydrogens is 168 g/mol. The fraction of sp³-hybridized carbons (Fsp3) is 0.500.